The summed E-state index contributed by atoms with van der Waals surface area (Å²) in [6, 6.07) is 16.3. The van der Waals surface area contributed by atoms with Crippen LogP contribution < -0.4 is 5.73 Å². The van der Waals surface area contributed by atoms with Crippen LogP contribution in [0.1, 0.15) is 16.7 Å². The average Bonchev–Trinajstić information content (AvgIpc) is 2.38. The van der Waals surface area contributed by atoms with Crippen LogP contribution in [0, 0.1) is 12.3 Å². The van der Waals surface area contributed by atoms with E-state index < -0.39 is 0 Å². The molecule has 2 aromatic carbocycles. The van der Waals surface area contributed by atoms with E-state index in [2.05, 4.69) is 25.1 Å². The van der Waals surface area contributed by atoms with Crippen molar-refractivity contribution < 1.29 is 0 Å². The third-order valence-corrected chi connectivity index (χ3v) is 3.85. The van der Waals surface area contributed by atoms with Gasteiger partial charge in [-0.15, -0.1) is 11.8 Å². The Morgan fingerprint density at radius 2 is 1.89 bits per heavy atom. The minimum Gasteiger partial charge on any atom is -0.384 e. The van der Waals surface area contributed by atoms with Gasteiger partial charge in [-0.3, -0.25) is 5.41 Å². The molecule has 0 saturated heterocycles. The summed E-state index contributed by atoms with van der Waals surface area (Å²) < 4.78 is 0. The zero-order chi connectivity index (χ0) is 13.0. The number of rotatable bonds is 4. The maximum absolute atomic E-state index is 7.41. The third-order valence-electron chi connectivity index (χ3n) is 2.79. The van der Waals surface area contributed by atoms with E-state index in [0.717, 1.165) is 11.3 Å². The predicted molar refractivity (Wildman–Crippen MR) is 78.2 cm³/mol. The topological polar surface area (TPSA) is 49.9 Å². The Labute approximate surface area is 112 Å². The van der Waals surface area contributed by atoms with Crippen molar-refractivity contribution in [3.63, 3.8) is 0 Å². The zero-order valence-corrected chi connectivity index (χ0v) is 11.1. The second kappa shape index (κ2) is 5.74. The highest BCUT2D eigenvalue weighted by molar-refractivity contribution is 7.98. The van der Waals surface area contributed by atoms with Crippen molar-refractivity contribution >= 4 is 17.6 Å². The van der Waals surface area contributed by atoms with Crippen LogP contribution in [-0.4, -0.2) is 5.84 Å². The summed E-state index contributed by atoms with van der Waals surface area (Å²) in [5, 5.41) is 7.41. The number of amidine groups is 1. The molecule has 0 fully saturated rings. The van der Waals surface area contributed by atoms with E-state index in [9.17, 15) is 0 Å². The first-order valence-corrected chi connectivity index (χ1v) is 6.77. The highest BCUT2D eigenvalue weighted by atomic mass is 32.2. The molecule has 3 heteroatoms. The van der Waals surface area contributed by atoms with Crippen molar-refractivity contribution in [3.8, 4) is 0 Å². The zero-order valence-electron chi connectivity index (χ0n) is 10.3. The molecule has 18 heavy (non-hydrogen) atoms. The Morgan fingerprint density at radius 1 is 1.17 bits per heavy atom. The average molecular weight is 256 g/mol. The largest absolute Gasteiger partial charge is 0.384 e. The molecule has 92 valence electrons. The Morgan fingerprint density at radius 3 is 2.50 bits per heavy atom. The van der Waals surface area contributed by atoms with Gasteiger partial charge < -0.3 is 5.73 Å². The summed E-state index contributed by atoms with van der Waals surface area (Å²) in [6.07, 6.45) is 0. The van der Waals surface area contributed by atoms with Crippen LogP contribution in [0.4, 0.5) is 0 Å². The highest BCUT2D eigenvalue weighted by Crippen LogP contribution is 2.24. The Bertz CT molecular complexity index is 550. The minimum atomic E-state index is 0.125. The fourth-order valence-electron chi connectivity index (χ4n) is 1.70. The van der Waals surface area contributed by atoms with Gasteiger partial charge in [-0.05, 0) is 36.2 Å². The monoisotopic (exact) mass is 256 g/mol. The molecular weight excluding hydrogens is 240 g/mol. The molecule has 2 aromatic rings. The van der Waals surface area contributed by atoms with Crippen LogP contribution in [0.2, 0.25) is 0 Å². The van der Waals surface area contributed by atoms with Gasteiger partial charge in [-0.2, -0.15) is 0 Å². The number of hydrogen-bond acceptors (Lipinski definition) is 2. The molecule has 3 N–H and O–H groups in total. The molecule has 0 spiro atoms. The number of nitrogens with two attached hydrogens (primary N) is 1. The normalized spacial score (nSPS) is 10.3. The first-order valence-electron chi connectivity index (χ1n) is 5.78. The van der Waals surface area contributed by atoms with Crippen molar-refractivity contribution in [3.05, 3.63) is 65.2 Å². The van der Waals surface area contributed by atoms with E-state index in [0.29, 0.717) is 0 Å². The number of nitrogen functional groups attached to an aromatic ring is 1. The fraction of sp³-hybridized carbons (Fsp3) is 0.133. The quantitative estimate of drug-likeness (QED) is 0.499. The standard InChI is InChI=1S/C15H16N2S/c1-11-9-12(15(16)17)7-8-13(11)10-18-14-5-3-2-4-6-14/h2-9H,10H2,1H3,(H3,16,17). The van der Waals surface area contributed by atoms with Crippen LogP contribution in [0.5, 0.6) is 0 Å². The summed E-state index contributed by atoms with van der Waals surface area (Å²) in [4.78, 5) is 1.27. The van der Waals surface area contributed by atoms with Gasteiger partial charge in [0.25, 0.3) is 0 Å². The molecule has 0 aliphatic heterocycles. The van der Waals surface area contributed by atoms with E-state index in [4.69, 9.17) is 11.1 Å². The predicted octanol–water partition coefficient (Wildman–Crippen LogP) is 3.57. The fourth-order valence-corrected chi connectivity index (χ4v) is 2.70. The maximum Gasteiger partial charge on any atom is 0.122 e. The van der Waals surface area contributed by atoms with Gasteiger partial charge in [-0.25, -0.2) is 0 Å². The Hall–Kier alpha value is -1.74. The minimum absolute atomic E-state index is 0.125. The summed E-state index contributed by atoms with van der Waals surface area (Å²) in [7, 11) is 0. The maximum atomic E-state index is 7.41. The smallest absolute Gasteiger partial charge is 0.122 e. The van der Waals surface area contributed by atoms with Gasteiger partial charge in [0.05, 0.1) is 0 Å². The lowest BCUT2D eigenvalue weighted by Crippen LogP contribution is -2.11. The first kappa shape index (κ1) is 12.7. The number of benzene rings is 2. The van der Waals surface area contributed by atoms with Crippen molar-refractivity contribution in [2.45, 2.75) is 17.6 Å². The second-order valence-electron chi connectivity index (χ2n) is 4.16. The van der Waals surface area contributed by atoms with E-state index >= 15 is 0 Å². The van der Waals surface area contributed by atoms with Gasteiger partial charge in [0.1, 0.15) is 5.84 Å². The van der Waals surface area contributed by atoms with Gasteiger partial charge in [0.15, 0.2) is 0 Å². The van der Waals surface area contributed by atoms with Crippen LogP contribution in [0.15, 0.2) is 53.4 Å². The number of thioether (sulfide) groups is 1. The molecule has 0 heterocycles. The molecule has 2 rings (SSSR count). The third kappa shape index (κ3) is 3.14. The van der Waals surface area contributed by atoms with E-state index in [1.807, 2.05) is 42.1 Å². The van der Waals surface area contributed by atoms with Crippen molar-refractivity contribution in [2.75, 3.05) is 0 Å². The molecular formula is C15H16N2S. The van der Waals surface area contributed by atoms with Crippen molar-refractivity contribution in [1.29, 1.82) is 5.41 Å². The van der Waals surface area contributed by atoms with Crippen LogP contribution in [0.3, 0.4) is 0 Å². The Balaban J connectivity index is 2.08. The van der Waals surface area contributed by atoms with Crippen LogP contribution in [-0.2, 0) is 5.75 Å². The number of hydrogen-bond donors (Lipinski definition) is 2. The number of nitrogens with one attached hydrogen (secondary N) is 1. The van der Waals surface area contributed by atoms with E-state index in [-0.39, 0.29) is 5.84 Å². The molecule has 2 nitrogen and oxygen atoms in total. The van der Waals surface area contributed by atoms with Crippen LogP contribution in [0.25, 0.3) is 0 Å². The van der Waals surface area contributed by atoms with Crippen molar-refractivity contribution in [1.82, 2.24) is 0 Å². The molecule has 0 radical (unpaired) electrons. The molecule has 0 amide bonds. The lowest BCUT2D eigenvalue weighted by Gasteiger charge is -2.08. The van der Waals surface area contributed by atoms with Crippen molar-refractivity contribution in [2.24, 2.45) is 5.73 Å². The van der Waals surface area contributed by atoms with E-state index in [1.54, 1.807) is 0 Å². The lowest BCUT2D eigenvalue weighted by atomic mass is 10.1. The summed E-state index contributed by atoms with van der Waals surface area (Å²) in [5.74, 6) is 1.06. The van der Waals surface area contributed by atoms with Gasteiger partial charge in [0, 0.05) is 16.2 Å². The van der Waals surface area contributed by atoms with Gasteiger partial charge in [0.2, 0.25) is 0 Å². The molecule has 0 atom stereocenters. The SMILES string of the molecule is Cc1cc(C(=N)N)ccc1CSc1ccccc1. The van der Waals surface area contributed by atoms with Crippen LogP contribution >= 0.6 is 11.8 Å². The summed E-state index contributed by atoms with van der Waals surface area (Å²) in [6.45, 7) is 2.06. The molecule has 0 bridgehead atoms. The second-order valence-corrected chi connectivity index (χ2v) is 5.21. The van der Waals surface area contributed by atoms with E-state index in [1.165, 1.54) is 16.0 Å². The highest BCUT2D eigenvalue weighted by Gasteiger charge is 2.03. The molecule has 0 aliphatic carbocycles. The molecule has 0 saturated carbocycles. The van der Waals surface area contributed by atoms with Gasteiger partial charge in [-0.1, -0.05) is 30.3 Å². The lowest BCUT2D eigenvalue weighted by molar-refractivity contribution is 1.28. The summed E-state index contributed by atoms with van der Waals surface area (Å²) in [5.41, 5.74) is 8.74. The number of aryl methyl sites for hydroxylation is 1. The molecule has 0 aromatic heterocycles. The summed E-state index contributed by atoms with van der Waals surface area (Å²) >= 11 is 1.82. The first-order chi connectivity index (χ1) is 8.66. The molecule has 0 aliphatic rings. The Kier molecular flexibility index (Phi) is 4.05. The van der Waals surface area contributed by atoms with Gasteiger partial charge >= 0.3 is 0 Å². The molecule has 0 unspecified atom stereocenters.